The van der Waals surface area contributed by atoms with Crippen molar-refractivity contribution in [3.05, 3.63) is 23.0 Å². The molecule has 2 heterocycles. The summed E-state index contributed by atoms with van der Waals surface area (Å²) >= 11 is 1.79. The van der Waals surface area contributed by atoms with Crippen molar-refractivity contribution in [3.63, 3.8) is 0 Å². The van der Waals surface area contributed by atoms with Gasteiger partial charge in [0.05, 0.1) is 5.69 Å². The first-order valence-electron chi connectivity index (χ1n) is 7.24. The third-order valence-corrected chi connectivity index (χ3v) is 4.61. The second-order valence-corrected chi connectivity index (χ2v) is 5.98. The molecule has 1 atom stereocenters. The first-order valence-corrected chi connectivity index (χ1v) is 8.05. The summed E-state index contributed by atoms with van der Waals surface area (Å²) in [5.41, 5.74) is 1.19. The van der Waals surface area contributed by atoms with Crippen molar-refractivity contribution < 1.29 is 0 Å². The van der Waals surface area contributed by atoms with Crippen LogP contribution in [0.3, 0.4) is 0 Å². The Balaban J connectivity index is 2.21. The van der Waals surface area contributed by atoms with E-state index < -0.39 is 0 Å². The fourth-order valence-electron chi connectivity index (χ4n) is 2.23. The van der Waals surface area contributed by atoms with E-state index in [0.29, 0.717) is 6.04 Å². The van der Waals surface area contributed by atoms with E-state index in [0.717, 1.165) is 30.6 Å². The highest BCUT2D eigenvalue weighted by Crippen LogP contribution is 2.26. The van der Waals surface area contributed by atoms with Gasteiger partial charge in [0.2, 0.25) is 0 Å². The maximum atomic E-state index is 4.51. The van der Waals surface area contributed by atoms with Gasteiger partial charge < -0.3 is 5.32 Å². The Morgan fingerprint density at radius 3 is 2.79 bits per heavy atom. The molecule has 0 radical (unpaired) electrons. The maximum absolute atomic E-state index is 4.51. The first kappa shape index (κ1) is 14.4. The van der Waals surface area contributed by atoms with Crippen molar-refractivity contribution in [2.75, 3.05) is 6.54 Å². The van der Waals surface area contributed by atoms with Gasteiger partial charge in [-0.15, -0.1) is 11.3 Å². The van der Waals surface area contributed by atoms with E-state index >= 15 is 0 Å². The van der Waals surface area contributed by atoms with Crippen molar-refractivity contribution in [1.29, 1.82) is 0 Å². The van der Waals surface area contributed by atoms with Gasteiger partial charge in [0.25, 0.3) is 0 Å². The third-order valence-electron chi connectivity index (χ3n) is 3.43. The summed E-state index contributed by atoms with van der Waals surface area (Å²) in [5, 5.41) is 4.85. The smallest absolute Gasteiger partial charge is 0.127 e. The fourth-order valence-corrected chi connectivity index (χ4v) is 3.19. The van der Waals surface area contributed by atoms with Crippen LogP contribution in [-0.2, 0) is 12.8 Å². The van der Waals surface area contributed by atoms with Gasteiger partial charge in [-0.3, -0.25) is 0 Å². The lowest BCUT2D eigenvalue weighted by atomic mass is 10.1. The highest BCUT2D eigenvalue weighted by atomic mass is 32.1. The van der Waals surface area contributed by atoms with Gasteiger partial charge in [-0.1, -0.05) is 20.8 Å². The number of aromatic nitrogens is 2. The molecule has 0 bridgehead atoms. The average Bonchev–Trinajstić information content (AvgIpc) is 2.87. The maximum Gasteiger partial charge on any atom is 0.127 e. The van der Waals surface area contributed by atoms with E-state index in [1.54, 1.807) is 17.7 Å². The molecule has 0 fully saturated rings. The molecule has 104 valence electrons. The fraction of sp³-hybridized carbons (Fsp3) is 0.600. The molecule has 4 heteroatoms. The molecule has 3 nitrogen and oxygen atoms in total. The molecule has 0 spiro atoms. The predicted molar refractivity (Wildman–Crippen MR) is 82.9 cm³/mol. The molecule has 0 aliphatic carbocycles. The highest BCUT2D eigenvalue weighted by molar-refractivity contribution is 7.18. The van der Waals surface area contributed by atoms with Crippen LogP contribution in [0, 0.1) is 0 Å². The molecular weight excluding hydrogens is 254 g/mol. The van der Waals surface area contributed by atoms with Crippen molar-refractivity contribution in [2.45, 2.75) is 52.5 Å². The molecule has 1 N–H and O–H groups in total. The molecular formula is C15H23N3S. The van der Waals surface area contributed by atoms with E-state index in [-0.39, 0.29) is 0 Å². The normalized spacial score (nSPS) is 13.0. The number of hydrogen-bond acceptors (Lipinski definition) is 4. The zero-order valence-electron chi connectivity index (χ0n) is 12.1. The number of hydrogen-bond donors (Lipinski definition) is 1. The van der Waals surface area contributed by atoms with Crippen LogP contribution in [-0.4, -0.2) is 22.6 Å². The van der Waals surface area contributed by atoms with Crippen LogP contribution in [0.25, 0.3) is 10.2 Å². The van der Waals surface area contributed by atoms with Gasteiger partial charge in [0, 0.05) is 22.7 Å². The summed E-state index contributed by atoms with van der Waals surface area (Å²) in [6, 6.07) is 2.78. The molecule has 2 aromatic rings. The molecule has 0 saturated carbocycles. The van der Waals surface area contributed by atoms with Crippen LogP contribution in [0.15, 0.2) is 12.4 Å². The minimum atomic E-state index is 0.517. The van der Waals surface area contributed by atoms with E-state index in [9.17, 15) is 0 Å². The number of thiophene rings is 1. The number of fused-ring (bicyclic) bond motifs is 1. The minimum absolute atomic E-state index is 0.517. The van der Waals surface area contributed by atoms with E-state index in [1.807, 2.05) is 0 Å². The molecule has 0 aliphatic rings. The number of nitrogens with one attached hydrogen (secondary N) is 1. The summed E-state index contributed by atoms with van der Waals surface area (Å²) in [5.74, 6) is 0. The van der Waals surface area contributed by atoms with Crippen LogP contribution < -0.4 is 5.32 Å². The molecule has 0 aliphatic heterocycles. The van der Waals surface area contributed by atoms with Crippen LogP contribution in [0.1, 0.15) is 44.2 Å². The quantitative estimate of drug-likeness (QED) is 0.840. The molecule has 0 saturated heterocycles. The Morgan fingerprint density at radius 2 is 2.11 bits per heavy atom. The second-order valence-electron chi connectivity index (χ2n) is 4.87. The zero-order chi connectivity index (χ0) is 13.7. The largest absolute Gasteiger partial charge is 0.314 e. The van der Waals surface area contributed by atoms with Crippen molar-refractivity contribution in [3.8, 4) is 0 Å². The molecule has 1 unspecified atom stereocenters. The summed E-state index contributed by atoms with van der Waals surface area (Å²) in [7, 11) is 0. The van der Waals surface area contributed by atoms with Gasteiger partial charge >= 0.3 is 0 Å². The Hall–Kier alpha value is -1.00. The lowest BCUT2D eigenvalue weighted by Gasteiger charge is -2.16. The van der Waals surface area contributed by atoms with Crippen LogP contribution in [0.2, 0.25) is 0 Å². The van der Waals surface area contributed by atoms with E-state index in [4.69, 9.17) is 0 Å². The number of aryl methyl sites for hydroxylation is 1. The van der Waals surface area contributed by atoms with Crippen molar-refractivity contribution in [1.82, 2.24) is 15.3 Å². The zero-order valence-corrected chi connectivity index (χ0v) is 12.9. The second kappa shape index (κ2) is 6.96. The van der Waals surface area contributed by atoms with Gasteiger partial charge in [0.1, 0.15) is 11.2 Å². The van der Waals surface area contributed by atoms with Crippen LogP contribution in [0.4, 0.5) is 0 Å². The highest BCUT2D eigenvalue weighted by Gasteiger charge is 2.12. The molecule has 19 heavy (non-hydrogen) atoms. The molecule has 0 aromatic carbocycles. The van der Waals surface area contributed by atoms with Gasteiger partial charge in [-0.25, -0.2) is 9.97 Å². The lowest BCUT2D eigenvalue weighted by Crippen LogP contribution is -2.31. The Morgan fingerprint density at radius 1 is 1.26 bits per heavy atom. The van der Waals surface area contributed by atoms with E-state index in [1.165, 1.54) is 22.4 Å². The Kier molecular flexibility index (Phi) is 5.28. The Labute approximate surface area is 119 Å². The topological polar surface area (TPSA) is 37.8 Å². The van der Waals surface area contributed by atoms with E-state index in [2.05, 4.69) is 42.1 Å². The minimum Gasteiger partial charge on any atom is -0.314 e. The molecule has 2 aromatic heterocycles. The molecule has 2 rings (SSSR count). The molecule has 0 amide bonds. The summed E-state index contributed by atoms with van der Waals surface area (Å²) in [6.07, 6.45) is 6.09. The summed E-state index contributed by atoms with van der Waals surface area (Å²) in [4.78, 5) is 11.4. The van der Waals surface area contributed by atoms with Gasteiger partial charge in [-0.05, 0) is 31.9 Å². The average molecular weight is 277 g/mol. The summed E-state index contributed by atoms with van der Waals surface area (Å²) in [6.45, 7) is 7.71. The first-order chi connectivity index (χ1) is 9.28. The Bertz CT molecular complexity index is 521. The van der Waals surface area contributed by atoms with Crippen molar-refractivity contribution >= 4 is 21.6 Å². The standard InChI is InChI=1S/C15H23N3S/c1-4-7-16-11(5-2)8-14-13-9-12(6-3)19-15(13)18-10-17-14/h9-11,16H,4-8H2,1-3H3. The van der Waals surface area contributed by atoms with Crippen LogP contribution in [0.5, 0.6) is 0 Å². The predicted octanol–water partition coefficient (Wildman–Crippen LogP) is 3.57. The van der Waals surface area contributed by atoms with Crippen molar-refractivity contribution in [2.24, 2.45) is 0 Å². The number of rotatable bonds is 7. The SMILES string of the molecule is CCCNC(CC)Cc1ncnc2sc(CC)cc12. The summed E-state index contributed by atoms with van der Waals surface area (Å²) < 4.78 is 0. The third kappa shape index (κ3) is 3.51. The van der Waals surface area contributed by atoms with Gasteiger partial charge in [0.15, 0.2) is 0 Å². The lowest BCUT2D eigenvalue weighted by molar-refractivity contribution is 0.492. The van der Waals surface area contributed by atoms with Crippen LogP contribution >= 0.6 is 11.3 Å². The monoisotopic (exact) mass is 277 g/mol. The number of nitrogens with zero attached hydrogens (tertiary/aromatic N) is 2. The van der Waals surface area contributed by atoms with Gasteiger partial charge in [-0.2, -0.15) is 0 Å².